The third-order valence-electron chi connectivity index (χ3n) is 6.06. The van der Waals surface area contributed by atoms with Crippen LogP contribution >= 0.6 is 12.4 Å². The zero-order valence-corrected chi connectivity index (χ0v) is 15.0. The Morgan fingerprint density at radius 2 is 1.71 bits per heavy atom. The first kappa shape index (κ1) is 19.9. The first-order valence-corrected chi connectivity index (χ1v) is 9.09. The van der Waals surface area contributed by atoms with Gasteiger partial charge in [-0.3, -0.25) is 9.69 Å². The van der Waals surface area contributed by atoms with Crippen LogP contribution in [0.3, 0.4) is 0 Å². The molecule has 1 aliphatic heterocycles. The molecule has 2 aliphatic carbocycles. The second kappa shape index (κ2) is 8.77. The van der Waals surface area contributed by atoms with Crippen LogP contribution in [-0.4, -0.2) is 60.9 Å². The predicted octanol–water partition coefficient (Wildman–Crippen LogP) is 2.36. The van der Waals surface area contributed by atoms with Crippen molar-refractivity contribution in [3.05, 3.63) is 0 Å². The number of halogens is 3. The quantitative estimate of drug-likeness (QED) is 0.835. The minimum absolute atomic E-state index is 0. The molecule has 140 valence electrons. The average Bonchev–Trinajstić information content (AvgIpc) is 2.71. The highest BCUT2D eigenvalue weighted by atomic mass is 35.5. The summed E-state index contributed by atoms with van der Waals surface area (Å²) < 4.78 is 25.1. The Morgan fingerprint density at radius 3 is 2.33 bits per heavy atom. The molecule has 2 bridgehead atoms. The van der Waals surface area contributed by atoms with Crippen LogP contribution in [0.1, 0.15) is 38.5 Å². The van der Waals surface area contributed by atoms with E-state index in [1.54, 1.807) is 4.90 Å². The SMILES string of the molecule is Cl.NC1C2CCCC1CC(C(=O)N1CCCN(CC(F)F)CC1)C2. The Hall–Kier alpha value is -0.460. The van der Waals surface area contributed by atoms with E-state index in [1.807, 2.05) is 4.90 Å². The highest BCUT2D eigenvalue weighted by Crippen LogP contribution is 2.42. The van der Waals surface area contributed by atoms with Gasteiger partial charge >= 0.3 is 0 Å². The summed E-state index contributed by atoms with van der Waals surface area (Å²) in [6.45, 7) is 2.34. The van der Waals surface area contributed by atoms with Gasteiger partial charge in [0.1, 0.15) is 0 Å². The molecule has 0 aromatic rings. The fraction of sp³-hybridized carbons (Fsp3) is 0.941. The summed E-state index contributed by atoms with van der Waals surface area (Å²) in [5.41, 5.74) is 6.31. The molecule has 2 saturated carbocycles. The van der Waals surface area contributed by atoms with Crippen molar-refractivity contribution >= 4 is 18.3 Å². The molecule has 1 saturated heterocycles. The van der Waals surface area contributed by atoms with Gasteiger partial charge in [0.15, 0.2) is 0 Å². The maximum absolute atomic E-state index is 12.9. The summed E-state index contributed by atoms with van der Waals surface area (Å²) >= 11 is 0. The van der Waals surface area contributed by atoms with Crippen molar-refractivity contribution in [1.29, 1.82) is 0 Å². The molecular formula is C17H30ClF2N3O. The summed E-state index contributed by atoms with van der Waals surface area (Å²) in [6, 6.07) is 0.276. The van der Waals surface area contributed by atoms with E-state index in [4.69, 9.17) is 5.73 Å². The van der Waals surface area contributed by atoms with Crippen LogP contribution in [0.15, 0.2) is 0 Å². The highest BCUT2D eigenvalue weighted by Gasteiger charge is 2.41. The first-order valence-electron chi connectivity index (χ1n) is 9.09. The number of carbonyl (C=O) groups excluding carboxylic acids is 1. The standard InChI is InChI=1S/C17H29F2N3O.ClH/c18-15(19)11-21-5-2-6-22(8-7-21)17(23)14-9-12-3-1-4-13(10-14)16(12)20;/h12-16H,1-11,20H2;1H. The summed E-state index contributed by atoms with van der Waals surface area (Å²) in [6.07, 6.45) is 3.90. The van der Waals surface area contributed by atoms with Crippen molar-refractivity contribution in [1.82, 2.24) is 9.80 Å². The monoisotopic (exact) mass is 365 g/mol. The van der Waals surface area contributed by atoms with Gasteiger partial charge < -0.3 is 10.6 Å². The van der Waals surface area contributed by atoms with Gasteiger partial charge in [-0.25, -0.2) is 8.78 Å². The maximum Gasteiger partial charge on any atom is 0.251 e. The van der Waals surface area contributed by atoms with E-state index in [9.17, 15) is 13.6 Å². The molecule has 24 heavy (non-hydrogen) atoms. The highest BCUT2D eigenvalue weighted by molar-refractivity contribution is 5.85. The minimum Gasteiger partial charge on any atom is -0.341 e. The summed E-state index contributed by atoms with van der Waals surface area (Å²) in [5, 5.41) is 0. The number of nitrogens with zero attached hydrogens (tertiary/aromatic N) is 2. The second-order valence-corrected chi connectivity index (χ2v) is 7.57. The molecule has 1 amide bonds. The Labute approximate surface area is 149 Å². The fourth-order valence-corrected chi connectivity index (χ4v) is 4.82. The fourth-order valence-electron chi connectivity index (χ4n) is 4.82. The largest absolute Gasteiger partial charge is 0.341 e. The van der Waals surface area contributed by atoms with Crippen molar-refractivity contribution in [2.75, 3.05) is 32.7 Å². The number of amides is 1. The molecule has 0 aromatic carbocycles. The normalized spacial score (nSPS) is 34.6. The second-order valence-electron chi connectivity index (χ2n) is 7.57. The van der Waals surface area contributed by atoms with Gasteiger partial charge in [-0.1, -0.05) is 6.42 Å². The summed E-state index contributed by atoms with van der Waals surface area (Å²) in [4.78, 5) is 16.6. The molecule has 0 spiro atoms. The van der Waals surface area contributed by atoms with Crippen LogP contribution in [0.5, 0.6) is 0 Å². The topological polar surface area (TPSA) is 49.6 Å². The molecular weight excluding hydrogens is 336 g/mol. The zero-order chi connectivity index (χ0) is 16.4. The molecule has 4 nitrogen and oxygen atoms in total. The lowest BCUT2D eigenvalue weighted by Crippen LogP contribution is -2.50. The maximum atomic E-state index is 12.9. The summed E-state index contributed by atoms with van der Waals surface area (Å²) in [5.74, 6) is 1.34. The number of hydrogen-bond acceptors (Lipinski definition) is 3. The van der Waals surface area contributed by atoms with Gasteiger partial charge in [-0.15, -0.1) is 12.4 Å². The van der Waals surface area contributed by atoms with E-state index < -0.39 is 6.43 Å². The molecule has 3 rings (SSSR count). The average molecular weight is 366 g/mol. The van der Waals surface area contributed by atoms with Crippen molar-refractivity contribution < 1.29 is 13.6 Å². The predicted molar refractivity (Wildman–Crippen MR) is 92.4 cm³/mol. The van der Waals surface area contributed by atoms with Gasteiger partial charge in [-0.2, -0.15) is 0 Å². The van der Waals surface area contributed by atoms with Crippen LogP contribution in [0, 0.1) is 17.8 Å². The van der Waals surface area contributed by atoms with Crippen LogP contribution in [0.2, 0.25) is 0 Å². The number of hydrogen-bond donors (Lipinski definition) is 1. The van der Waals surface area contributed by atoms with Crippen molar-refractivity contribution in [2.24, 2.45) is 23.5 Å². The van der Waals surface area contributed by atoms with E-state index in [-0.39, 0.29) is 36.8 Å². The molecule has 3 fully saturated rings. The van der Waals surface area contributed by atoms with Gasteiger partial charge in [-0.05, 0) is 43.9 Å². The van der Waals surface area contributed by atoms with Crippen molar-refractivity contribution in [2.45, 2.75) is 51.0 Å². The molecule has 2 N–H and O–H groups in total. The molecule has 2 atom stereocenters. The lowest BCUT2D eigenvalue weighted by molar-refractivity contribution is -0.138. The van der Waals surface area contributed by atoms with Gasteiger partial charge in [0, 0.05) is 38.1 Å². The van der Waals surface area contributed by atoms with Crippen LogP contribution in [0.4, 0.5) is 8.78 Å². The molecule has 0 radical (unpaired) electrons. The van der Waals surface area contributed by atoms with E-state index in [0.717, 1.165) is 32.1 Å². The lowest BCUT2D eigenvalue weighted by atomic mass is 9.65. The number of alkyl halides is 2. The van der Waals surface area contributed by atoms with Crippen LogP contribution in [0.25, 0.3) is 0 Å². The number of fused-ring (bicyclic) bond motifs is 2. The van der Waals surface area contributed by atoms with Crippen molar-refractivity contribution in [3.63, 3.8) is 0 Å². The van der Waals surface area contributed by atoms with E-state index in [1.165, 1.54) is 6.42 Å². The number of rotatable bonds is 3. The van der Waals surface area contributed by atoms with E-state index in [0.29, 0.717) is 38.0 Å². The lowest BCUT2D eigenvalue weighted by Gasteiger charge is -2.44. The third kappa shape index (κ3) is 4.58. The van der Waals surface area contributed by atoms with E-state index in [2.05, 4.69) is 0 Å². The smallest absolute Gasteiger partial charge is 0.251 e. The van der Waals surface area contributed by atoms with Gasteiger partial charge in [0.25, 0.3) is 6.43 Å². The third-order valence-corrected chi connectivity index (χ3v) is 6.06. The van der Waals surface area contributed by atoms with E-state index >= 15 is 0 Å². The Kier molecular flexibility index (Phi) is 7.25. The zero-order valence-electron chi connectivity index (χ0n) is 14.2. The molecule has 0 aromatic heterocycles. The van der Waals surface area contributed by atoms with Gasteiger partial charge in [0.2, 0.25) is 5.91 Å². The van der Waals surface area contributed by atoms with Crippen LogP contribution in [-0.2, 0) is 4.79 Å². The Balaban J connectivity index is 0.00000208. The van der Waals surface area contributed by atoms with Crippen LogP contribution < -0.4 is 5.73 Å². The minimum atomic E-state index is -2.29. The number of nitrogens with two attached hydrogens (primary N) is 1. The first-order chi connectivity index (χ1) is 11.0. The van der Waals surface area contributed by atoms with Gasteiger partial charge in [0.05, 0.1) is 6.54 Å². The Bertz CT molecular complexity index is 413. The number of carbonyl (C=O) groups is 1. The van der Waals surface area contributed by atoms with Crippen molar-refractivity contribution in [3.8, 4) is 0 Å². The molecule has 2 unspecified atom stereocenters. The molecule has 7 heteroatoms. The Morgan fingerprint density at radius 1 is 1.04 bits per heavy atom. The molecule has 1 heterocycles. The molecule has 3 aliphatic rings. The summed E-state index contributed by atoms with van der Waals surface area (Å²) in [7, 11) is 0.